The number of carbonyl (C=O) groups is 1. The molecule has 2 fully saturated rings. The van der Waals surface area contributed by atoms with Crippen LogP contribution in [0.2, 0.25) is 0 Å². The summed E-state index contributed by atoms with van der Waals surface area (Å²) < 4.78 is 6.06. The van der Waals surface area contributed by atoms with Gasteiger partial charge in [0.05, 0.1) is 6.10 Å². The Morgan fingerprint density at radius 2 is 1.92 bits per heavy atom. The molecule has 0 heterocycles. The first-order chi connectivity index (χ1) is 17.1. The van der Waals surface area contributed by atoms with Crippen LogP contribution in [-0.4, -0.2) is 52.9 Å². The maximum atomic E-state index is 12.3. The largest absolute Gasteiger partial charge is 0.475 e. The van der Waals surface area contributed by atoms with Crippen LogP contribution in [0.3, 0.4) is 0 Å². The molecule has 5 heteroatoms. The molecule has 0 aromatic heterocycles. The van der Waals surface area contributed by atoms with E-state index in [9.17, 15) is 15.0 Å². The number of nitrogens with zero attached hydrogens (tertiary/aromatic N) is 1. The Morgan fingerprint density at radius 3 is 2.58 bits per heavy atom. The Balaban J connectivity index is 1.62. The van der Waals surface area contributed by atoms with Crippen LogP contribution in [0.25, 0.3) is 0 Å². The molecule has 36 heavy (non-hydrogen) atoms. The van der Waals surface area contributed by atoms with E-state index < -0.39 is 11.7 Å². The van der Waals surface area contributed by atoms with Gasteiger partial charge in [-0.1, -0.05) is 30.6 Å². The highest BCUT2D eigenvalue weighted by Gasteiger charge is 2.62. The molecular weight excluding hydrogens is 450 g/mol. The molecule has 5 rings (SSSR count). The first-order valence-electron chi connectivity index (χ1n) is 13.3. The Morgan fingerprint density at radius 1 is 1.19 bits per heavy atom. The van der Waals surface area contributed by atoms with Gasteiger partial charge in [-0.25, -0.2) is 0 Å². The van der Waals surface area contributed by atoms with Crippen LogP contribution in [0.4, 0.5) is 0 Å². The summed E-state index contributed by atoms with van der Waals surface area (Å²) in [6, 6.07) is 8.32. The van der Waals surface area contributed by atoms with E-state index in [1.165, 1.54) is 5.57 Å². The lowest BCUT2D eigenvalue weighted by atomic mass is 9.51. The lowest BCUT2D eigenvalue weighted by Crippen LogP contribution is -2.51. The van der Waals surface area contributed by atoms with Crippen molar-refractivity contribution in [3.63, 3.8) is 0 Å². The molecule has 0 saturated heterocycles. The summed E-state index contributed by atoms with van der Waals surface area (Å²) in [5.74, 6) is 7.65. The van der Waals surface area contributed by atoms with Crippen molar-refractivity contribution in [3.05, 3.63) is 52.6 Å². The van der Waals surface area contributed by atoms with Gasteiger partial charge in [0.15, 0.2) is 5.78 Å². The van der Waals surface area contributed by atoms with Crippen molar-refractivity contribution in [2.24, 2.45) is 17.3 Å². The molecule has 7 atom stereocenters. The highest BCUT2D eigenvalue weighted by molar-refractivity contribution is 5.94. The maximum absolute atomic E-state index is 12.3. The highest BCUT2D eigenvalue weighted by Crippen LogP contribution is 2.66. The van der Waals surface area contributed by atoms with Crippen molar-refractivity contribution in [1.82, 2.24) is 4.90 Å². The normalized spacial score (nSPS) is 36.3. The fourth-order valence-electron chi connectivity index (χ4n) is 7.52. The summed E-state index contributed by atoms with van der Waals surface area (Å²) in [6.45, 7) is 6.05. The zero-order chi connectivity index (χ0) is 25.8. The predicted molar refractivity (Wildman–Crippen MR) is 140 cm³/mol. The van der Waals surface area contributed by atoms with E-state index in [1.54, 1.807) is 6.08 Å². The van der Waals surface area contributed by atoms with Gasteiger partial charge in [-0.05, 0) is 107 Å². The third kappa shape index (κ3) is 3.95. The quantitative estimate of drug-likeness (QED) is 0.478. The van der Waals surface area contributed by atoms with Gasteiger partial charge < -0.3 is 14.9 Å². The molecule has 2 saturated carbocycles. The maximum Gasteiger partial charge on any atom is 0.158 e. The Kier molecular flexibility index (Phi) is 6.44. The van der Waals surface area contributed by atoms with Crippen LogP contribution in [0.1, 0.15) is 70.8 Å². The predicted octanol–water partition coefficient (Wildman–Crippen LogP) is 4.60. The van der Waals surface area contributed by atoms with E-state index in [1.807, 2.05) is 45.0 Å². The number of aliphatic hydroxyl groups is 2. The molecule has 1 aromatic rings. The third-order valence-corrected chi connectivity index (χ3v) is 9.56. The molecule has 1 aromatic carbocycles. The van der Waals surface area contributed by atoms with Crippen LogP contribution < -0.4 is 4.74 Å². The van der Waals surface area contributed by atoms with Gasteiger partial charge in [0.2, 0.25) is 0 Å². The number of aliphatic hydroxyl groups excluding tert-OH is 1. The van der Waals surface area contributed by atoms with E-state index in [2.05, 4.69) is 30.9 Å². The average molecular weight is 490 g/mol. The van der Waals surface area contributed by atoms with Crippen molar-refractivity contribution in [1.29, 1.82) is 0 Å². The first-order valence-corrected chi connectivity index (χ1v) is 13.3. The minimum Gasteiger partial charge on any atom is -0.475 e. The molecule has 2 unspecified atom stereocenters. The van der Waals surface area contributed by atoms with Crippen LogP contribution in [0.5, 0.6) is 5.75 Å². The minimum atomic E-state index is -1.01. The number of hydrogen-bond acceptors (Lipinski definition) is 5. The number of fused-ring (bicyclic) bond motifs is 4. The molecule has 5 nitrogen and oxygen atoms in total. The number of carbonyl (C=O) groups excluding carboxylic acids is 1. The summed E-state index contributed by atoms with van der Waals surface area (Å²) in [5, 5.41) is 22.9. The second kappa shape index (κ2) is 9.17. The Bertz CT molecular complexity index is 1170. The summed E-state index contributed by atoms with van der Waals surface area (Å²) in [4.78, 5) is 14.3. The van der Waals surface area contributed by atoms with E-state index in [-0.39, 0.29) is 35.7 Å². The molecule has 2 N–H and O–H groups in total. The molecule has 0 bridgehead atoms. The van der Waals surface area contributed by atoms with Gasteiger partial charge in [-0.2, -0.15) is 0 Å². The lowest BCUT2D eigenvalue weighted by Gasteiger charge is -2.54. The van der Waals surface area contributed by atoms with Crippen molar-refractivity contribution < 1.29 is 19.7 Å². The smallest absolute Gasteiger partial charge is 0.158 e. The SMILES string of the molecule is CC#C[C@]1(O)CC[C@H]2[C@@H]3CCC4=CC(=O)CC(O)C4=C3[C@@H](c3ccc(OC(C)N(C)C)cc3)C[C@@]21C. The number of hydrogen-bond donors (Lipinski definition) is 2. The number of benzene rings is 1. The zero-order valence-electron chi connectivity index (χ0n) is 22.2. The van der Waals surface area contributed by atoms with Gasteiger partial charge in [0.1, 0.15) is 17.6 Å². The van der Waals surface area contributed by atoms with Crippen molar-refractivity contribution >= 4 is 5.78 Å². The van der Waals surface area contributed by atoms with Gasteiger partial charge >= 0.3 is 0 Å². The molecule has 4 aliphatic rings. The fourth-order valence-corrected chi connectivity index (χ4v) is 7.52. The number of allylic oxidation sites excluding steroid dienone is 2. The zero-order valence-corrected chi connectivity index (χ0v) is 22.2. The molecule has 0 radical (unpaired) electrons. The number of rotatable bonds is 4. The third-order valence-electron chi connectivity index (χ3n) is 9.56. The van der Waals surface area contributed by atoms with Crippen LogP contribution in [0, 0.1) is 29.1 Å². The number of ether oxygens (including phenoxy) is 1. The highest BCUT2D eigenvalue weighted by atomic mass is 16.5. The van der Waals surface area contributed by atoms with E-state index >= 15 is 0 Å². The van der Waals surface area contributed by atoms with Gasteiger partial charge in [0, 0.05) is 17.8 Å². The van der Waals surface area contributed by atoms with E-state index in [4.69, 9.17) is 4.74 Å². The van der Waals surface area contributed by atoms with Gasteiger partial charge in [-0.3, -0.25) is 9.69 Å². The standard InChI is InChI=1S/C31H39NO4/c1-6-14-31(35)15-13-26-24-12-9-21-16-22(33)17-27(34)28(21)29(24)25(18-30(26,31)3)20-7-10-23(11-8-20)36-19(2)32(4)5/h7-8,10-11,16,19,24-27,34-35H,9,12-13,15,17-18H2,1-5H3/t19?,24-,25+,26-,27?,30-,31-/m0/s1. The molecular formula is C31H39NO4. The van der Waals surface area contributed by atoms with Crippen molar-refractivity contribution in [2.45, 2.75) is 83.1 Å². The average Bonchev–Trinajstić information content (AvgIpc) is 3.09. The molecule has 0 aliphatic heterocycles. The van der Waals surface area contributed by atoms with Crippen LogP contribution in [0.15, 0.2) is 47.1 Å². The van der Waals surface area contributed by atoms with Crippen molar-refractivity contribution in [2.75, 3.05) is 14.1 Å². The second-order valence-corrected chi connectivity index (χ2v) is 11.7. The van der Waals surface area contributed by atoms with Gasteiger partial charge in [-0.15, -0.1) is 5.92 Å². The first kappa shape index (κ1) is 25.3. The van der Waals surface area contributed by atoms with Crippen molar-refractivity contribution in [3.8, 4) is 17.6 Å². The Hall–Kier alpha value is -2.39. The monoisotopic (exact) mass is 489 g/mol. The summed E-state index contributed by atoms with van der Waals surface area (Å²) in [7, 11) is 3.98. The van der Waals surface area contributed by atoms with Gasteiger partial charge in [0.25, 0.3) is 0 Å². The van der Waals surface area contributed by atoms with Crippen LogP contribution >= 0.6 is 0 Å². The summed E-state index contributed by atoms with van der Waals surface area (Å²) >= 11 is 0. The molecule has 0 amide bonds. The molecule has 4 aliphatic carbocycles. The minimum absolute atomic E-state index is 0.0162. The van der Waals surface area contributed by atoms with E-state index in [0.29, 0.717) is 12.3 Å². The fraction of sp³-hybridized carbons (Fsp3) is 0.581. The topological polar surface area (TPSA) is 70.0 Å². The van der Waals surface area contributed by atoms with E-state index in [0.717, 1.165) is 48.1 Å². The van der Waals surface area contributed by atoms with Crippen LogP contribution in [-0.2, 0) is 4.79 Å². The summed E-state index contributed by atoms with van der Waals surface area (Å²) in [5.41, 5.74) is 3.11. The second-order valence-electron chi connectivity index (χ2n) is 11.7. The lowest BCUT2D eigenvalue weighted by molar-refractivity contribution is -0.116. The molecule has 192 valence electrons. The molecule has 0 spiro atoms. The summed E-state index contributed by atoms with van der Waals surface area (Å²) in [6.07, 6.45) is 5.26. The number of ketones is 1. The Labute approximate surface area is 215 Å².